The molecule has 2 aromatic rings. The van der Waals surface area contributed by atoms with Crippen molar-refractivity contribution in [1.82, 2.24) is 9.97 Å². The van der Waals surface area contributed by atoms with Crippen LogP contribution in [0, 0.1) is 6.92 Å². The molecule has 0 saturated heterocycles. The van der Waals surface area contributed by atoms with E-state index >= 15 is 0 Å². The van der Waals surface area contributed by atoms with Crippen molar-refractivity contribution in [3.05, 3.63) is 28.4 Å². The zero-order valence-corrected chi connectivity index (χ0v) is 13.6. The number of aromatic nitrogens is 2. The third-order valence-electron chi connectivity index (χ3n) is 2.70. The van der Waals surface area contributed by atoms with Crippen molar-refractivity contribution < 1.29 is 9.53 Å². The number of rotatable bonds is 5. The maximum Gasteiger partial charge on any atom is 0.348 e. The lowest BCUT2D eigenvalue weighted by molar-refractivity contribution is 0.0383. The van der Waals surface area contributed by atoms with Gasteiger partial charge in [-0.05, 0) is 37.9 Å². The normalized spacial score (nSPS) is 10.9. The van der Waals surface area contributed by atoms with Crippen molar-refractivity contribution in [3.63, 3.8) is 0 Å². The fourth-order valence-corrected chi connectivity index (χ4v) is 3.15. The monoisotopic (exact) mass is 325 g/mol. The molecular weight excluding hydrogens is 310 g/mol. The van der Waals surface area contributed by atoms with Gasteiger partial charge in [0.05, 0.1) is 11.5 Å². The Morgan fingerprint density at radius 1 is 1.52 bits per heavy atom. The first-order valence-electron chi connectivity index (χ1n) is 6.46. The van der Waals surface area contributed by atoms with Crippen LogP contribution in [0.15, 0.2) is 12.7 Å². The number of halogens is 1. The van der Waals surface area contributed by atoms with Gasteiger partial charge < -0.3 is 10.1 Å². The Balaban J connectivity index is 2.54. The topological polar surface area (TPSA) is 64.1 Å². The third-order valence-corrected chi connectivity index (χ3v) is 4.04. The first-order valence-corrected chi connectivity index (χ1v) is 7.65. The van der Waals surface area contributed by atoms with Gasteiger partial charge in [-0.1, -0.05) is 6.08 Å². The van der Waals surface area contributed by atoms with Crippen LogP contribution in [-0.4, -0.2) is 28.6 Å². The predicted molar refractivity (Wildman–Crippen MR) is 86.4 cm³/mol. The average Bonchev–Trinajstić information content (AvgIpc) is 2.72. The molecule has 5 nitrogen and oxygen atoms in total. The van der Waals surface area contributed by atoms with E-state index in [1.54, 1.807) is 6.08 Å². The smallest absolute Gasteiger partial charge is 0.348 e. The van der Waals surface area contributed by atoms with E-state index in [-0.39, 0.29) is 17.4 Å². The number of thiophene rings is 1. The Hall–Kier alpha value is -1.66. The van der Waals surface area contributed by atoms with Crippen LogP contribution in [0.2, 0.25) is 5.28 Å². The van der Waals surface area contributed by atoms with Crippen molar-refractivity contribution in [2.24, 2.45) is 0 Å². The summed E-state index contributed by atoms with van der Waals surface area (Å²) in [5, 5.41) is 4.04. The molecule has 2 aromatic heterocycles. The van der Waals surface area contributed by atoms with Gasteiger partial charge in [0.1, 0.15) is 15.5 Å². The number of hydrogen-bond acceptors (Lipinski definition) is 6. The van der Waals surface area contributed by atoms with E-state index in [4.69, 9.17) is 16.3 Å². The zero-order valence-electron chi connectivity index (χ0n) is 12.1. The van der Waals surface area contributed by atoms with E-state index in [0.29, 0.717) is 22.1 Å². The van der Waals surface area contributed by atoms with Crippen molar-refractivity contribution in [3.8, 4) is 0 Å². The van der Waals surface area contributed by atoms with Crippen molar-refractivity contribution in [1.29, 1.82) is 0 Å². The molecule has 112 valence electrons. The largest absolute Gasteiger partial charge is 0.459 e. The summed E-state index contributed by atoms with van der Waals surface area (Å²) in [4.78, 5) is 21.7. The van der Waals surface area contributed by atoms with E-state index in [9.17, 15) is 4.79 Å². The molecule has 0 aliphatic rings. The van der Waals surface area contributed by atoms with Crippen LogP contribution >= 0.6 is 22.9 Å². The average molecular weight is 326 g/mol. The van der Waals surface area contributed by atoms with E-state index < -0.39 is 0 Å². The van der Waals surface area contributed by atoms with Crippen LogP contribution in [-0.2, 0) is 4.74 Å². The molecule has 21 heavy (non-hydrogen) atoms. The summed E-state index contributed by atoms with van der Waals surface area (Å²) in [6.07, 6.45) is 1.55. The molecular formula is C14H16ClN3O2S. The quantitative estimate of drug-likeness (QED) is 0.514. The van der Waals surface area contributed by atoms with Crippen LogP contribution in [0.3, 0.4) is 0 Å². The minimum Gasteiger partial charge on any atom is -0.459 e. The number of hydrogen-bond donors (Lipinski definition) is 1. The van der Waals surface area contributed by atoms with Gasteiger partial charge in [-0.3, -0.25) is 0 Å². The number of carbonyl (C=O) groups excluding carboxylic acids is 1. The van der Waals surface area contributed by atoms with Crippen molar-refractivity contribution in [2.75, 3.05) is 11.9 Å². The maximum absolute atomic E-state index is 12.1. The first-order chi connectivity index (χ1) is 9.93. The van der Waals surface area contributed by atoms with Gasteiger partial charge in [0.15, 0.2) is 0 Å². The molecule has 0 amide bonds. The highest BCUT2D eigenvalue weighted by Gasteiger charge is 2.21. The minimum absolute atomic E-state index is 0.138. The summed E-state index contributed by atoms with van der Waals surface area (Å²) in [5.41, 5.74) is 0.795. The number of nitrogens with zero attached hydrogens (tertiary/aromatic N) is 2. The highest BCUT2D eigenvalue weighted by atomic mass is 35.5. The summed E-state index contributed by atoms with van der Waals surface area (Å²) in [6, 6.07) is 0. The molecule has 0 bridgehead atoms. The summed E-state index contributed by atoms with van der Waals surface area (Å²) in [5.74, 6) is 0.249. The minimum atomic E-state index is -0.351. The van der Waals surface area contributed by atoms with E-state index in [2.05, 4.69) is 21.9 Å². The molecule has 7 heteroatoms. The number of anilines is 1. The second kappa shape index (κ2) is 6.41. The number of aryl methyl sites for hydroxylation is 1. The molecule has 2 heterocycles. The number of nitrogens with one attached hydrogen (secondary N) is 1. The van der Waals surface area contributed by atoms with Gasteiger partial charge in [-0.25, -0.2) is 14.8 Å². The van der Waals surface area contributed by atoms with E-state index in [1.165, 1.54) is 11.3 Å². The third kappa shape index (κ3) is 3.33. The number of esters is 1. The second-order valence-electron chi connectivity index (χ2n) is 4.70. The van der Waals surface area contributed by atoms with Gasteiger partial charge in [0, 0.05) is 6.54 Å². The standard InChI is InChI=1S/C14H16ClN3O2S/c1-5-6-16-11-9-8(4)10(13(19)20-7(2)3)21-12(9)18-14(15)17-11/h5,7H,1,6H2,2-4H3,(H,16,17,18). The second-order valence-corrected chi connectivity index (χ2v) is 6.04. The fraction of sp³-hybridized carbons (Fsp3) is 0.357. The highest BCUT2D eigenvalue weighted by Crippen LogP contribution is 2.35. The molecule has 0 aromatic carbocycles. The molecule has 0 atom stereocenters. The molecule has 1 N–H and O–H groups in total. The molecule has 0 aliphatic carbocycles. The van der Waals surface area contributed by atoms with Crippen molar-refractivity contribution in [2.45, 2.75) is 26.9 Å². The molecule has 0 unspecified atom stereocenters. The Morgan fingerprint density at radius 3 is 2.86 bits per heavy atom. The summed E-state index contributed by atoms with van der Waals surface area (Å²) < 4.78 is 5.25. The number of fused-ring (bicyclic) bond motifs is 1. The van der Waals surface area contributed by atoms with Crippen LogP contribution in [0.5, 0.6) is 0 Å². The van der Waals surface area contributed by atoms with Crippen molar-refractivity contribution >= 4 is 44.9 Å². The van der Waals surface area contributed by atoms with Gasteiger partial charge in [0.2, 0.25) is 5.28 Å². The van der Waals surface area contributed by atoms with Gasteiger partial charge in [-0.15, -0.1) is 17.9 Å². The van der Waals surface area contributed by atoms with E-state index in [1.807, 2.05) is 20.8 Å². The lowest BCUT2D eigenvalue weighted by atomic mass is 10.2. The van der Waals surface area contributed by atoms with Crippen LogP contribution in [0.1, 0.15) is 29.1 Å². The van der Waals surface area contributed by atoms with Gasteiger partial charge in [-0.2, -0.15) is 0 Å². The highest BCUT2D eigenvalue weighted by molar-refractivity contribution is 7.20. The lowest BCUT2D eigenvalue weighted by Crippen LogP contribution is -2.11. The Kier molecular flexibility index (Phi) is 4.80. The zero-order chi connectivity index (χ0) is 15.6. The SMILES string of the molecule is C=CCNc1nc(Cl)nc2sc(C(=O)OC(C)C)c(C)c12. The fourth-order valence-electron chi connectivity index (χ4n) is 1.87. The molecule has 0 saturated carbocycles. The van der Waals surface area contributed by atoms with Gasteiger partial charge >= 0.3 is 5.97 Å². The molecule has 0 radical (unpaired) electrons. The number of ether oxygens (including phenoxy) is 1. The Labute approximate surface area is 132 Å². The predicted octanol–water partition coefficient (Wildman–Crippen LogP) is 3.82. The first kappa shape index (κ1) is 15.7. The van der Waals surface area contributed by atoms with Crippen LogP contribution in [0.25, 0.3) is 10.2 Å². The van der Waals surface area contributed by atoms with E-state index in [0.717, 1.165) is 10.9 Å². The van der Waals surface area contributed by atoms with Gasteiger partial charge in [0.25, 0.3) is 0 Å². The molecule has 0 aliphatic heterocycles. The summed E-state index contributed by atoms with van der Waals surface area (Å²) >= 11 is 7.19. The molecule has 0 fully saturated rings. The Bertz CT molecular complexity index is 697. The Morgan fingerprint density at radius 2 is 2.24 bits per heavy atom. The molecule has 2 rings (SSSR count). The number of carbonyl (C=O) groups is 1. The van der Waals surface area contributed by atoms with Crippen LogP contribution < -0.4 is 5.32 Å². The van der Waals surface area contributed by atoms with Crippen LogP contribution in [0.4, 0.5) is 5.82 Å². The lowest BCUT2D eigenvalue weighted by Gasteiger charge is -2.07. The summed E-state index contributed by atoms with van der Waals surface area (Å²) in [7, 11) is 0. The summed E-state index contributed by atoms with van der Waals surface area (Å²) in [6.45, 7) is 9.68. The maximum atomic E-state index is 12.1. The molecule has 0 spiro atoms.